The third-order valence-electron chi connectivity index (χ3n) is 6.82. The number of pyridine rings is 3. The molecule has 0 radical (unpaired) electrons. The fourth-order valence-electron chi connectivity index (χ4n) is 4.55. The Morgan fingerprint density at radius 2 is 1.97 bits per heavy atom. The Balaban J connectivity index is 0.00000190. The summed E-state index contributed by atoms with van der Waals surface area (Å²) in [5, 5.41) is 6.39. The predicted octanol–water partition coefficient (Wildman–Crippen LogP) is 3.53. The summed E-state index contributed by atoms with van der Waals surface area (Å²) >= 11 is 0. The number of fused-ring (bicyclic) bond motifs is 2. The Bertz CT molecular complexity index is 1260. The minimum absolute atomic E-state index is 0. The molecule has 2 N–H and O–H groups in total. The third-order valence-corrected chi connectivity index (χ3v) is 6.82. The number of aromatic nitrogens is 3. The zero-order valence-electron chi connectivity index (χ0n) is 20.8. The van der Waals surface area contributed by atoms with E-state index in [1.807, 2.05) is 12.1 Å². The van der Waals surface area contributed by atoms with Crippen LogP contribution in [0.5, 0.6) is 11.6 Å². The highest BCUT2D eigenvalue weighted by molar-refractivity contribution is 5.94. The first-order chi connectivity index (χ1) is 16.9. The monoisotopic (exact) mass is 552 g/mol. The van der Waals surface area contributed by atoms with Gasteiger partial charge in [0, 0.05) is 30.3 Å². The van der Waals surface area contributed by atoms with Crippen molar-refractivity contribution in [3.8, 4) is 11.6 Å². The lowest BCUT2D eigenvalue weighted by molar-refractivity contribution is -0.118. The number of hydrogen-bond acceptors (Lipinski definition) is 8. The summed E-state index contributed by atoms with van der Waals surface area (Å²) in [4.78, 5) is 27.0. The number of ether oxygens (including phenoxy) is 2. The number of nitrogens with one attached hydrogen (secondary N) is 2. The van der Waals surface area contributed by atoms with Crippen molar-refractivity contribution in [1.29, 1.82) is 0 Å². The molecule has 5 heterocycles. The van der Waals surface area contributed by atoms with Crippen LogP contribution in [0.3, 0.4) is 0 Å². The quantitative estimate of drug-likeness (QED) is 0.459. The maximum atomic E-state index is 14.6. The first kappa shape index (κ1) is 28.8. The van der Waals surface area contributed by atoms with Gasteiger partial charge in [-0.2, -0.15) is 0 Å². The van der Waals surface area contributed by atoms with E-state index >= 15 is 0 Å². The van der Waals surface area contributed by atoms with Gasteiger partial charge in [-0.05, 0) is 57.5 Å². The summed E-state index contributed by atoms with van der Waals surface area (Å²) in [7, 11) is 1.55. The predicted molar refractivity (Wildman–Crippen MR) is 144 cm³/mol. The van der Waals surface area contributed by atoms with E-state index in [4.69, 9.17) is 9.47 Å². The number of amides is 1. The van der Waals surface area contributed by atoms with Gasteiger partial charge in [0.1, 0.15) is 5.82 Å². The number of carbonyl (C=O) groups excluding carboxylic acids is 1. The number of carbonyl (C=O) groups is 1. The van der Waals surface area contributed by atoms with Crippen LogP contribution < -0.4 is 20.1 Å². The molecule has 0 unspecified atom stereocenters. The number of nitrogens with zero attached hydrogens (tertiary/aromatic N) is 4. The molecule has 0 spiro atoms. The molecule has 12 heteroatoms. The van der Waals surface area contributed by atoms with E-state index in [1.165, 1.54) is 6.20 Å². The number of rotatable bonds is 7. The minimum atomic E-state index is -0.332. The summed E-state index contributed by atoms with van der Waals surface area (Å²) < 4.78 is 25.2. The molecular formula is C25H31Cl2FN6O3. The van der Waals surface area contributed by atoms with E-state index in [0.717, 1.165) is 38.2 Å². The van der Waals surface area contributed by atoms with Gasteiger partial charge in [0.25, 0.3) is 5.91 Å². The van der Waals surface area contributed by atoms with Crippen LogP contribution in [0.4, 0.5) is 10.2 Å². The zero-order chi connectivity index (χ0) is 24.4. The van der Waals surface area contributed by atoms with Gasteiger partial charge in [-0.3, -0.25) is 9.78 Å². The molecule has 0 saturated carbocycles. The molecule has 0 bridgehead atoms. The van der Waals surface area contributed by atoms with Gasteiger partial charge >= 0.3 is 0 Å². The molecule has 37 heavy (non-hydrogen) atoms. The van der Waals surface area contributed by atoms with E-state index in [2.05, 4.69) is 37.4 Å². The van der Waals surface area contributed by atoms with Crippen LogP contribution in [0.15, 0.2) is 30.5 Å². The van der Waals surface area contributed by atoms with Crippen LogP contribution in [0.25, 0.3) is 11.0 Å². The van der Waals surface area contributed by atoms with Crippen LogP contribution in [-0.2, 0) is 17.8 Å². The number of piperidine rings is 1. The first-order valence-corrected chi connectivity index (χ1v) is 11.8. The summed E-state index contributed by atoms with van der Waals surface area (Å²) in [5.41, 5.74) is 2.62. The van der Waals surface area contributed by atoms with E-state index in [9.17, 15) is 9.18 Å². The smallest absolute Gasteiger partial charge is 0.263 e. The number of hydrogen-bond donors (Lipinski definition) is 2. The Labute approximate surface area is 227 Å². The first-order valence-electron chi connectivity index (χ1n) is 11.8. The summed E-state index contributed by atoms with van der Waals surface area (Å²) in [5.74, 6) is 1.00. The van der Waals surface area contributed by atoms with Crippen LogP contribution >= 0.6 is 24.8 Å². The fourth-order valence-corrected chi connectivity index (χ4v) is 4.55. The van der Waals surface area contributed by atoms with Gasteiger partial charge < -0.3 is 25.0 Å². The Hall–Kier alpha value is -2.79. The van der Waals surface area contributed by atoms with Crippen molar-refractivity contribution >= 4 is 47.6 Å². The molecule has 0 aliphatic carbocycles. The highest BCUT2D eigenvalue weighted by Gasteiger charge is 2.30. The summed E-state index contributed by atoms with van der Waals surface area (Å²) in [6.07, 6.45) is 3.75. The van der Waals surface area contributed by atoms with Crippen molar-refractivity contribution in [2.75, 3.05) is 38.7 Å². The van der Waals surface area contributed by atoms with Gasteiger partial charge in [0.15, 0.2) is 18.2 Å². The second kappa shape index (κ2) is 12.2. The molecule has 0 aromatic carbocycles. The van der Waals surface area contributed by atoms with Gasteiger partial charge in [-0.1, -0.05) is 0 Å². The van der Waals surface area contributed by atoms with E-state index in [1.54, 1.807) is 19.2 Å². The number of likely N-dealkylation sites (tertiary alicyclic amines) is 1. The van der Waals surface area contributed by atoms with Gasteiger partial charge in [-0.25, -0.2) is 14.4 Å². The molecule has 200 valence electrons. The highest BCUT2D eigenvalue weighted by atomic mass is 35.5. The largest absolute Gasteiger partial charge is 0.481 e. The molecule has 3 aromatic heterocycles. The average molecular weight is 553 g/mol. The molecule has 1 saturated heterocycles. The van der Waals surface area contributed by atoms with Crippen LogP contribution in [0, 0.1) is 5.82 Å². The fraction of sp³-hybridized carbons (Fsp3) is 0.440. The van der Waals surface area contributed by atoms with Crippen molar-refractivity contribution in [3.05, 3.63) is 47.5 Å². The SMILES string of the molecule is COc1ccc2ncc(F)c(CCN3CCC(C)(NCc4ccc5c(n4)NC(=O)CO5)CC3)c2n1.Cl.Cl. The molecule has 5 rings (SSSR count). The maximum Gasteiger partial charge on any atom is 0.263 e. The standard InChI is InChI=1S/C25H29FN6O3.2ClH/c1-25(28-13-16-3-5-20-24(29-16)30-21(33)15-35-20)8-11-32(12-9-25)10-7-17-18(26)14-27-19-4-6-22(34-2)31-23(17)19;;/h3-6,14,28H,7-13,15H2,1-2H3,(H,29,30,33);2*1H. The second-order valence-corrected chi connectivity index (χ2v) is 9.30. The zero-order valence-corrected chi connectivity index (χ0v) is 22.4. The normalized spacial score (nSPS) is 16.6. The summed E-state index contributed by atoms with van der Waals surface area (Å²) in [6, 6.07) is 7.30. The van der Waals surface area contributed by atoms with Crippen molar-refractivity contribution in [2.24, 2.45) is 0 Å². The Morgan fingerprint density at radius 1 is 1.19 bits per heavy atom. The van der Waals surface area contributed by atoms with Crippen molar-refractivity contribution in [1.82, 2.24) is 25.2 Å². The molecule has 1 amide bonds. The lowest BCUT2D eigenvalue weighted by atomic mass is 9.89. The van der Waals surface area contributed by atoms with E-state index in [-0.39, 0.29) is 48.7 Å². The summed E-state index contributed by atoms with van der Waals surface area (Å²) in [6.45, 7) is 5.41. The van der Waals surface area contributed by atoms with Crippen LogP contribution in [-0.4, -0.2) is 64.6 Å². The topological polar surface area (TPSA) is 102 Å². The third kappa shape index (κ3) is 6.56. The lowest BCUT2D eigenvalue weighted by Crippen LogP contribution is -2.51. The molecule has 3 aromatic rings. The molecule has 2 aliphatic rings. The van der Waals surface area contributed by atoms with Crippen molar-refractivity contribution in [2.45, 2.75) is 38.3 Å². The minimum Gasteiger partial charge on any atom is -0.481 e. The Kier molecular flexibility index (Phi) is 9.46. The molecule has 1 fully saturated rings. The lowest BCUT2D eigenvalue weighted by Gasteiger charge is -2.40. The number of anilines is 1. The second-order valence-electron chi connectivity index (χ2n) is 9.30. The average Bonchev–Trinajstić information content (AvgIpc) is 2.87. The Morgan fingerprint density at radius 3 is 2.73 bits per heavy atom. The van der Waals surface area contributed by atoms with Crippen molar-refractivity contribution in [3.63, 3.8) is 0 Å². The van der Waals surface area contributed by atoms with Crippen molar-refractivity contribution < 1.29 is 18.7 Å². The molecule has 0 atom stereocenters. The van der Waals surface area contributed by atoms with Crippen LogP contribution in [0.2, 0.25) is 0 Å². The number of methoxy groups -OCH3 is 1. The number of halogens is 3. The molecule has 9 nitrogen and oxygen atoms in total. The van der Waals surface area contributed by atoms with E-state index < -0.39 is 0 Å². The van der Waals surface area contributed by atoms with Gasteiger partial charge in [0.05, 0.1) is 30.0 Å². The highest BCUT2D eigenvalue weighted by Crippen LogP contribution is 2.27. The van der Waals surface area contributed by atoms with Gasteiger partial charge in [-0.15, -0.1) is 24.8 Å². The van der Waals surface area contributed by atoms with Crippen LogP contribution in [0.1, 0.15) is 31.0 Å². The molecule has 2 aliphatic heterocycles. The maximum absolute atomic E-state index is 14.6. The van der Waals surface area contributed by atoms with E-state index in [0.29, 0.717) is 47.0 Å². The van der Waals surface area contributed by atoms with Gasteiger partial charge in [0.2, 0.25) is 5.88 Å². The molecular weight excluding hydrogens is 522 g/mol.